The molecule has 0 atom stereocenters. The summed E-state index contributed by atoms with van der Waals surface area (Å²) in [6.45, 7) is 2.53. The van der Waals surface area contributed by atoms with Crippen LogP contribution in [0.5, 0.6) is 0 Å². The first-order valence-corrected chi connectivity index (χ1v) is 10.6. The normalized spacial score (nSPS) is 10.4. The van der Waals surface area contributed by atoms with E-state index in [1.807, 2.05) is 6.92 Å². The largest absolute Gasteiger partial charge is 0.395 e. The van der Waals surface area contributed by atoms with Gasteiger partial charge in [-0.2, -0.15) is 0 Å². The minimum absolute atomic E-state index is 0.00332. The summed E-state index contributed by atoms with van der Waals surface area (Å²) in [5, 5.41) is 19.6. The summed E-state index contributed by atoms with van der Waals surface area (Å²) in [4.78, 5) is 32.8. The molecule has 3 aromatic rings. The summed E-state index contributed by atoms with van der Waals surface area (Å²) in [6, 6.07) is 10.3. The van der Waals surface area contributed by atoms with Crippen molar-refractivity contribution in [3.05, 3.63) is 65.6 Å². The Morgan fingerprint density at radius 3 is 2.62 bits per heavy atom. The van der Waals surface area contributed by atoms with Gasteiger partial charge >= 0.3 is 6.03 Å². The van der Waals surface area contributed by atoms with Gasteiger partial charge in [-0.1, -0.05) is 12.1 Å². The third-order valence-corrected chi connectivity index (χ3v) is 4.70. The van der Waals surface area contributed by atoms with Crippen LogP contribution in [0.2, 0.25) is 0 Å². The maximum atomic E-state index is 14.7. The van der Waals surface area contributed by atoms with Gasteiger partial charge in [0.05, 0.1) is 23.6 Å². The molecule has 34 heavy (non-hydrogen) atoms. The molecule has 178 valence electrons. The van der Waals surface area contributed by atoms with Crippen LogP contribution in [0.1, 0.15) is 22.8 Å². The fraction of sp³-hybridized carbons (Fsp3) is 0.217. The smallest absolute Gasteiger partial charge is 0.319 e. The number of aromatic nitrogens is 2. The minimum Gasteiger partial charge on any atom is -0.395 e. The lowest BCUT2D eigenvalue weighted by Gasteiger charge is -2.13. The highest BCUT2D eigenvalue weighted by atomic mass is 19.1. The molecule has 11 heteroatoms. The molecular formula is C23H26FN7O3. The fourth-order valence-electron chi connectivity index (χ4n) is 3.04. The number of nitrogens with one attached hydrogen (secondary N) is 4. The molecule has 0 aliphatic carbocycles. The van der Waals surface area contributed by atoms with Crippen molar-refractivity contribution < 1.29 is 19.1 Å². The van der Waals surface area contributed by atoms with Gasteiger partial charge < -0.3 is 32.1 Å². The van der Waals surface area contributed by atoms with Gasteiger partial charge in [-0.05, 0) is 42.8 Å². The molecule has 0 fully saturated rings. The summed E-state index contributed by atoms with van der Waals surface area (Å²) in [6.07, 6.45) is 1.54. The number of amides is 3. The lowest BCUT2D eigenvalue weighted by atomic mass is 10.1. The van der Waals surface area contributed by atoms with Crippen molar-refractivity contribution in [2.24, 2.45) is 0 Å². The van der Waals surface area contributed by atoms with Gasteiger partial charge in [0.1, 0.15) is 17.5 Å². The highest BCUT2D eigenvalue weighted by Gasteiger charge is 2.15. The van der Waals surface area contributed by atoms with Crippen LogP contribution in [0.4, 0.5) is 26.5 Å². The highest BCUT2D eigenvalue weighted by Crippen LogP contribution is 2.26. The van der Waals surface area contributed by atoms with E-state index in [-0.39, 0.29) is 31.3 Å². The fourth-order valence-corrected chi connectivity index (χ4v) is 3.04. The summed E-state index contributed by atoms with van der Waals surface area (Å²) >= 11 is 0. The van der Waals surface area contributed by atoms with Crippen LogP contribution in [0.15, 0.2) is 48.7 Å². The standard InChI is InChI=1S/C23H26FN7O3/c1-2-26-21-16(22(33)27-9-10-32)5-7-18(30-21)15-4-6-19(17(24)11-15)31-23(34)29-13-14-3-8-20(25)28-12-14/h3-8,11-12,32H,2,9-10,13H2,1H3,(H2,25,28)(H,26,30)(H,27,33)(H2,29,31,34). The van der Waals surface area contributed by atoms with Gasteiger partial charge in [-0.25, -0.2) is 19.2 Å². The third kappa shape index (κ3) is 6.39. The van der Waals surface area contributed by atoms with Crippen molar-refractivity contribution in [2.75, 3.05) is 36.1 Å². The van der Waals surface area contributed by atoms with Gasteiger partial charge in [0.15, 0.2) is 0 Å². The minimum atomic E-state index is -0.640. The Labute approximate surface area is 195 Å². The van der Waals surface area contributed by atoms with E-state index in [0.717, 1.165) is 5.56 Å². The van der Waals surface area contributed by atoms with Crippen LogP contribution < -0.4 is 27.0 Å². The second-order valence-electron chi connectivity index (χ2n) is 7.20. The first-order valence-electron chi connectivity index (χ1n) is 10.6. The summed E-state index contributed by atoms with van der Waals surface area (Å²) in [7, 11) is 0. The average molecular weight is 468 g/mol. The monoisotopic (exact) mass is 467 g/mol. The molecule has 1 aromatic carbocycles. The number of anilines is 3. The lowest BCUT2D eigenvalue weighted by molar-refractivity contribution is 0.0945. The average Bonchev–Trinajstić information content (AvgIpc) is 2.83. The number of carbonyl (C=O) groups is 2. The maximum absolute atomic E-state index is 14.7. The molecule has 0 unspecified atom stereocenters. The molecule has 0 spiro atoms. The van der Waals surface area contributed by atoms with Crippen molar-refractivity contribution in [3.8, 4) is 11.3 Å². The van der Waals surface area contributed by atoms with Crippen molar-refractivity contribution in [1.82, 2.24) is 20.6 Å². The molecule has 10 nitrogen and oxygen atoms in total. The molecule has 3 rings (SSSR count). The van der Waals surface area contributed by atoms with Gasteiger partial charge in [-0.15, -0.1) is 0 Å². The van der Waals surface area contributed by atoms with Crippen molar-refractivity contribution in [3.63, 3.8) is 0 Å². The first-order chi connectivity index (χ1) is 16.4. The molecule has 0 aliphatic rings. The Bertz CT molecular complexity index is 1160. The number of nitrogens with two attached hydrogens (primary N) is 1. The number of aliphatic hydroxyl groups is 1. The highest BCUT2D eigenvalue weighted by molar-refractivity contribution is 5.99. The van der Waals surface area contributed by atoms with E-state index in [0.29, 0.717) is 35.0 Å². The third-order valence-electron chi connectivity index (χ3n) is 4.70. The number of halogens is 1. The Morgan fingerprint density at radius 2 is 1.94 bits per heavy atom. The van der Waals surface area contributed by atoms with Crippen LogP contribution in [-0.4, -0.2) is 46.7 Å². The Hall–Kier alpha value is -4.25. The Kier molecular flexibility index (Phi) is 8.30. The molecule has 7 N–H and O–H groups in total. The second-order valence-corrected chi connectivity index (χ2v) is 7.20. The Morgan fingerprint density at radius 1 is 1.12 bits per heavy atom. The van der Waals surface area contributed by atoms with E-state index in [2.05, 4.69) is 31.2 Å². The molecular weight excluding hydrogens is 441 g/mol. The number of pyridine rings is 2. The zero-order valence-corrected chi connectivity index (χ0v) is 18.6. The zero-order valence-electron chi connectivity index (χ0n) is 18.6. The molecule has 0 saturated heterocycles. The van der Waals surface area contributed by atoms with E-state index in [9.17, 15) is 14.0 Å². The van der Waals surface area contributed by atoms with E-state index >= 15 is 0 Å². The van der Waals surface area contributed by atoms with Gasteiger partial charge in [-0.3, -0.25) is 4.79 Å². The summed E-state index contributed by atoms with van der Waals surface area (Å²) in [5.41, 5.74) is 7.51. The number of rotatable bonds is 9. The number of urea groups is 1. The lowest BCUT2D eigenvalue weighted by Crippen LogP contribution is -2.28. The van der Waals surface area contributed by atoms with E-state index < -0.39 is 11.8 Å². The van der Waals surface area contributed by atoms with Crippen LogP contribution >= 0.6 is 0 Å². The molecule has 2 aromatic heterocycles. The number of nitrogen functional groups attached to an aromatic ring is 1. The number of nitrogens with zero attached hydrogens (tertiary/aromatic N) is 2. The SMILES string of the molecule is CCNc1nc(-c2ccc(NC(=O)NCc3ccc(N)nc3)c(F)c2)ccc1C(=O)NCCO. The first kappa shape index (κ1) is 24.4. The van der Waals surface area contributed by atoms with E-state index in [1.54, 1.807) is 36.5 Å². The van der Waals surface area contributed by atoms with E-state index in [1.165, 1.54) is 12.1 Å². The van der Waals surface area contributed by atoms with Crippen LogP contribution in [-0.2, 0) is 6.54 Å². The number of benzene rings is 1. The molecule has 0 aliphatic heterocycles. The summed E-state index contributed by atoms with van der Waals surface area (Å²) in [5.74, 6) is -0.300. The second kappa shape index (κ2) is 11.6. The molecule has 0 saturated carbocycles. The topological polar surface area (TPSA) is 154 Å². The number of carbonyl (C=O) groups excluding carboxylic acids is 2. The quantitative estimate of drug-likeness (QED) is 0.282. The van der Waals surface area contributed by atoms with Crippen molar-refractivity contribution in [1.29, 1.82) is 0 Å². The zero-order chi connectivity index (χ0) is 24.5. The molecule has 2 heterocycles. The van der Waals surface area contributed by atoms with E-state index in [4.69, 9.17) is 10.8 Å². The van der Waals surface area contributed by atoms with Crippen LogP contribution in [0.25, 0.3) is 11.3 Å². The van der Waals surface area contributed by atoms with Crippen molar-refractivity contribution >= 4 is 29.3 Å². The van der Waals surface area contributed by atoms with Crippen LogP contribution in [0, 0.1) is 5.82 Å². The summed E-state index contributed by atoms with van der Waals surface area (Å²) < 4.78 is 14.7. The number of hydrogen-bond acceptors (Lipinski definition) is 7. The van der Waals surface area contributed by atoms with Gasteiger partial charge in [0.2, 0.25) is 0 Å². The Balaban J connectivity index is 1.70. The van der Waals surface area contributed by atoms with Crippen LogP contribution in [0.3, 0.4) is 0 Å². The van der Waals surface area contributed by atoms with Crippen molar-refractivity contribution in [2.45, 2.75) is 13.5 Å². The number of hydrogen-bond donors (Lipinski definition) is 6. The van der Waals surface area contributed by atoms with Gasteiger partial charge in [0, 0.05) is 31.4 Å². The van der Waals surface area contributed by atoms with Gasteiger partial charge in [0.25, 0.3) is 5.91 Å². The molecule has 0 bridgehead atoms. The molecule has 3 amide bonds. The molecule has 0 radical (unpaired) electrons. The maximum Gasteiger partial charge on any atom is 0.319 e. The predicted molar refractivity (Wildman–Crippen MR) is 128 cm³/mol. The predicted octanol–water partition coefficient (Wildman–Crippen LogP) is 2.34. The number of aliphatic hydroxyl groups excluding tert-OH is 1.